The van der Waals surface area contributed by atoms with Crippen LogP contribution in [0.1, 0.15) is 63.2 Å². The van der Waals surface area contributed by atoms with Crippen molar-refractivity contribution in [1.82, 2.24) is 14.8 Å². The zero-order valence-electron chi connectivity index (χ0n) is 11.2. The van der Waals surface area contributed by atoms with Crippen molar-refractivity contribution in [3.8, 4) is 0 Å². The van der Waals surface area contributed by atoms with E-state index in [9.17, 15) is 9.90 Å². The predicted octanol–water partition coefficient (Wildman–Crippen LogP) is 2.58. The number of rotatable bonds is 4. The molecule has 2 aliphatic rings. The Labute approximate surface area is 113 Å². The molecule has 1 heterocycles. The lowest BCUT2D eigenvalue weighted by Crippen LogP contribution is -2.34. The van der Waals surface area contributed by atoms with Crippen molar-refractivity contribution in [1.29, 1.82) is 0 Å². The molecule has 2 saturated carbocycles. The highest BCUT2D eigenvalue weighted by Gasteiger charge is 2.41. The standard InChI is InChI=1S/C14H21N3O2/c18-13(19)14(7-3-1-2-4-8-14)9-12-16-15-10-17(12)11-5-6-11/h10-11H,1-9H2,(H,18,19). The van der Waals surface area contributed by atoms with Gasteiger partial charge in [-0.3, -0.25) is 4.79 Å². The third-order valence-corrected chi connectivity index (χ3v) is 4.60. The fraction of sp³-hybridized carbons (Fsp3) is 0.786. The van der Waals surface area contributed by atoms with Gasteiger partial charge in [0.05, 0.1) is 5.41 Å². The van der Waals surface area contributed by atoms with Crippen molar-refractivity contribution < 1.29 is 9.90 Å². The quantitative estimate of drug-likeness (QED) is 0.848. The van der Waals surface area contributed by atoms with Gasteiger partial charge in [-0.15, -0.1) is 10.2 Å². The summed E-state index contributed by atoms with van der Waals surface area (Å²) in [5, 5.41) is 17.9. The Morgan fingerprint density at radius 2 is 2.00 bits per heavy atom. The Hall–Kier alpha value is -1.39. The van der Waals surface area contributed by atoms with E-state index in [2.05, 4.69) is 14.8 Å². The molecule has 1 aromatic heterocycles. The van der Waals surface area contributed by atoms with E-state index in [-0.39, 0.29) is 0 Å². The van der Waals surface area contributed by atoms with Gasteiger partial charge in [0.2, 0.25) is 0 Å². The smallest absolute Gasteiger partial charge is 0.310 e. The van der Waals surface area contributed by atoms with E-state index < -0.39 is 11.4 Å². The molecule has 0 spiro atoms. The van der Waals surface area contributed by atoms with Crippen LogP contribution in [0.15, 0.2) is 6.33 Å². The number of hydrogen-bond donors (Lipinski definition) is 1. The van der Waals surface area contributed by atoms with Gasteiger partial charge in [-0.05, 0) is 25.7 Å². The summed E-state index contributed by atoms with van der Waals surface area (Å²) in [6.07, 6.45) is 10.6. The number of carbonyl (C=O) groups is 1. The molecule has 0 radical (unpaired) electrons. The Morgan fingerprint density at radius 1 is 1.32 bits per heavy atom. The second-order valence-electron chi connectivity index (χ2n) is 6.06. The minimum Gasteiger partial charge on any atom is -0.481 e. The highest BCUT2D eigenvalue weighted by atomic mass is 16.4. The van der Waals surface area contributed by atoms with Crippen LogP contribution < -0.4 is 0 Å². The molecule has 0 aromatic carbocycles. The highest BCUT2D eigenvalue weighted by Crippen LogP contribution is 2.40. The molecule has 1 N–H and O–H groups in total. The monoisotopic (exact) mass is 263 g/mol. The van der Waals surface area contributed by atoms with Crippen molar-refractivity contribution in [2.24, 2.45) is 5.41 Å². The minimum atomic E-state index is -0.653. The first kappa shape index (κ1) is 12.6. The maximum Gasteiger partial charge on any atom is 0.310 e. The lowest BCUT2D eigenvalue weighted by atomic mass is 9.77. The van der Waals surface area contributed by atoms with Crippen LogP contribution in [0, 0.1) is 5.41 Å². The lowest BCUT2D eigenvalue weighted by molar-refractivity contribution is -0.150. The first-order valence-electron chi connectivity index (χ1n) is 7.33. The molecule has 19 heavy (non-hydrogen) atoms. The molecule has 3 rings (SSSR count). The van der Waals surface area contributed by atoms with Gasteiger partial charge in [-0.2, -0.15) is 0 Å². The van der Waals surface area contributed by atoms with Crippen LogP contribution in [0.5, 0.6) is 0 Å². The second kappa shape index (κ2) is 4.94. The van der Waals surface area contributed by atoms with Gasteiger partial charge >= 0.3 is 5.97 Å². The van der Waals surface area contributed by atoms with E-state index in [1.54, 1.807) is 6.33 Å². The molecule has 1 aromatic rings. The third-order valence-electron chi connectivity index (χ3n) is 4.60. The Balaban J connectivity index is 1.83. The van der Waals surface area contributed by atoms with Crippen LogP contribution in [0.2, 0.25) is 0 Å². The first-order chi connectivity index (χ1) is 9.21. The van der Waals surface area contributed by atoms with Gasteiger partial charge in [-0.1, -0.05) is 25.7 Å². The molecule has 0 bridgehead atoms. The van der Waals surface area contributed by atoms with Crippen LogP contribution in [-0.4, -0.2) is 25.8 Å². The summed E-state index contributed by atoms with van der Waals surface area (Å²) < 4.78 is 2.09. The second-order valence-corrected chi connectivity index (χ2v) is 6.06. The number of aliphatic carboxylic acids is 1. The van der Waals surface area contributed by atoms with Crippen molar-refractivity contribution in [2.75, 3.05) is 0 Å². The summed E-state index contributed by atoms with van der Waals surface area (Å²) >= 11 is 0. The van der Waals surface area contributed by atoms with Crippen LogP contribution >= 0.6 is 0 Å². The summed E-state index contributed by atoms with van der Waals surface area (Å²) in [4.78, 5) is 11.8. The molecular weight excluding hydrogens is 242 g/mol. The van der Waals surface area contributed by atoms with E-state index >= 15 is 0 Å². The fourth-order valence-corrected chi connectivity index (χ4v) is 3.23. The van der Waals surface area contributed by atoms with Gasteiger partial charge < -0.3 is 9.67 Å². The third kappa shape index (κ3) is 2.51. The molecule has 0 amide bonds. The van der Waals surface area contributed by atoms with Crippen LogP contribution in [0.3, 0.4) is 0 Å². The number of carboxylic acid groups (broad SMARTS) is 1. The Kier molecular flexibility index (Phi) is 3.29. The number of aromatic nitrogens is 3. The number of nitrogens with zero attached hydrogens (tertiary/aromatic N) is 3. The van der Waals surface area contributed by atoms with Gasteiger partial charge in [0.15, 0.2) is 0 Å². The van der Waals surface area contributed by atoms with Gasteiger partial charge in [0, 0.05) is 12.5 Å². The van der Waals surface area contributed by atoms with Gasteiger partial charge in [-0.25, -0.2) is 0 Å². The van der Waals surface area contributed by atoms with Crippen LogP contribution in [-0.2, 0) is 11.2 Å². The predicted molar refractivity (Wildman–Crippen MR) is 69.8 cm³/mol. The topological polar surface area (TPSA) is 68.0 Å². The van der Waals surface area contributed by atoms with Gasteiger partial charge in [0.1, 0.15) is 12.2 Å². The average molecular weight is 263 g/mol. The highest BCUT2D eigenvalue weighted by molar-refractivity contribution is 5.75. The maximum absolute atomic E-state index is 11.8. The molecule has 5 nitrogen and oxygen atoms in total. The molecular formula is C14H21N3O2. The maximum atomic E-state index is 11.8. The fourth-order valence-electron chi connectivity index (χ4n) is 3.23. The zero-order valence-corrected chi connectivity index (χ0v) is 11.2. The molecule has 0 saturated heterocycles. The Morgan fingerprint density at radius 3 is 2.58 bits per heavy atom. The van der Waals surface area contributed by atoms with Crippen molar-refractivity contribution in [3.63, 3.8) is 0 Å². The minimum absolute atomic E-state index is 0.515. The molecule has 0 atom stereocenters. The zero-order chi connectivity index (χ0) is 13.3. The van der Waals surface area contributed by atoms with Crippen molar-refractivity contribution in [3.05, 3.63) is 12.2 Å². The molecule has 2 fully saturated rings. The van der Waals surface area contributed by atoms with E-state index in [1.807, 2.05) is 0 Å². The molecule has 2 aliphatic carbocycles. The van der Waals surface area contributed by atoms with Gasteiger partial charge in [0.25, 0.3) is 0 Å². The SMILES string of the molecule is O=C(O)C1(Cc2nncn2C2CC2)CCCCCC1. The van der Waals surface area contributed by atoms with Crippen molar-refractivity contribution >= 4 is 5.97 Å². The Bertz CT molecular complexity index is 457. The molecule has 5 heteroatoms. The molecule has 104 valence electrons. The van der Waals surface area contributed by atoms with E-state index in [1.165, 1.54) is 12.8 Å². The molecule has 0 aliphatic heterocycles. The van der Waals surface area contributed by atoms with E-state index in [4.69, 9.17) is 0 Å². The van der Waals surface area contributed by atoms with Crippen LogP contribution in [0.4, 0.5) is 0 Å². The van der Waals surface area contributed by atoms with E-state index in [0.717, 1.165) is 44.3 Å². The summed E-state index contributed by atoms with van der Waals surface area (Å²) in [5.41, 5.74) is -0.615. The summed E-state index contributed by atoms with van der Waals surface area (Å²) in [7, 11) is 0. The van der Waals surface area contributed by atoms with E-state index in [0.29, 0.717) is 12.5 Å². The average Bonchev–Trinajstić information content (AvgIpc) is 3.16. The van der Waals surface area contributed by atoms with Crippen LogP contribution in [0.25, 0.3) is 0 Å². The number of hydrogen-bond acceptors (Lipinski definition) is 3. The summed E-state index contributed by atoms with van der Waals surface area (Å²) in [6.45, 7) is 0. The largest absolute Gasteiger partial charge is 0.481 e. The normalized spacial score (nSPS) is 22.9. The number of carboxylic acids is 1. The summed E-state index contributed by atoms with van der Waals surface area (Å²) in [5.74, 6) is 0.214. The lowest BCUT2D eigenvalue weighted by Gasteiger charge is -2.27. The first-order valence-corrected chi connectivity index (χ1v) is 7.33. The summed E-state index contributed by atoms with van der Waals surface area (Å²) in [6, 6.07) is 0.515. The van der Waals surface area contributed by atoms with Crippen molar-refractivity contribution in [2.45, 2.75) is 63.8 Å². The molecule has 0 unspecified atom stereocenters.